The monoisotopic (exact) mass is 516 g/mol. The molecule has 0 heterocycles. The topological polar surface area (TPSA) is 55.4 Å². The Morgan fingerprint density at radius 2 is 0.737 bits per heavy atom. The first-order chi connectivity index (χ1) is 18.3. The average Bonchev–Trinajstić information content (AvgIpc) is 2.90. The van der Waals surface area contributed by atoms with Crippen molar-refractivity contribution >= 4 is 0 Å². The predicted octanol–water partition coefficient (Wildman–Crippen LogP) is 7.70. The average molecular weight is 517 g/mol. The molecule has 0 aliphatic heterocycles. The molecule has 38 heavy (non-hydrogen) atoms. The van der Waals surface area contributed by atoms with Crippen molar-refractivity contribution in [2.24, 2.45) is 0 Å². The Bertz CT molecular complexity index is 1020. The first kappa shape index (κ1) is 28.3. The maximum Gasteiger partial charge on any atom is 0.237 e. The van der Waals surface area contributed by atoms with Crippen molar-refractivity contribution in [3.63, 3.8) is 0 Å². The quantitative estimate of drug-likeness (QED) is 0.117. The van der Waals surface area contributed by atoms with Crippen molar-refractivity contribution in [2.75, 3.05) is 0 Å². The maximum absolute atomic E-state index is 5.81. The van der Waals surface area contributed by atoms with Gasteiger partial charge in [0.25, 0.3) is 0 Å². The lowest BCUT2D eigenvalue weighted by Crippen LogP contribution is -2.25. The van der Waals surface area contributed by atoms with E-state index in [0.717, 1.165) is 16.7 Å². The fourth-order valence-corrected chi connectivity index (χ4v) is 4.17. The molecule has 0 aliphatic carbocycles. The summed E-state index contributed by atoms with van der Waals surface area (Å²) in [5, 5.41) is 0. The van der Waals surface area contributed by atoms with Gasteiger partial charge in [0.05, 0.1) is 18.8 Å². The van der Waals surface area contributed by atoms with E-state index < -0.39 is 24.3 Å². The normalized spacial score (nSPS) is 14.5. The highest BCUT2D eigenvalue weighted by Gasteiger charge is 2.31. The highest BCUT2D eigenvalue weighted by Crippen LogP contribution is 2.40. The zero-order chi connectivity index (χ0) is 27.5. The lowest BCUT2D eigenvalue weighted by atomic mass is 9.71. The van der Waals surface area contributed by atoms with E-state index in [1.54, 1.807) is 0 Å². The Hall–Kier alpha value is -4.32. The molecule has 3 atom stereocenters. The molecule has 0 saturated carbocycles. The van der Waals surface area contributed by atoms with Gasteiger partial charge in [-0.15, -0.1) is 0 Å². The van der Waals surface area contributed by atoms with Gasteiger partial charge in [-0.3, -0.25) is 0 Å². The smallest absolute Gasteiger partial charge is 0.237 e. The minimum absolute atomic E-state index is 0.440. The summed E-state index contributed by atoms with van der Waals surface area (Å²) >= 11 is 0. The Morgan fingerprint density at radius 1 is 0.500 bits per heavy atom. The SMILES string of the molecule is C=COC(C)Oc1ccc(C(C)(c2ccc(OC(C)OC=C)cc2)c2ccc(OC(C)OC=C)cc2)cc1. The van der Waals surface area contributed by atoms with E-state index in [2.05, 4.69) is 63.1 Å². The van der Waals surface area contributed by atoms with Crippen molar-refractivity contribution in [1.82, 2.24) is 0 Å². The molecule has 0 aliphatic rings. The van der Waals surface area contributed by atoms with Crippen LogP contribution in [0.25, 0.3) is 0 Å². The Balaban J connectivity index is 1.97. The van der Waals surface area contributed by atoms with Gasteiger partial charge >= 0.3 is 0 Å². The summed E-state index contributed by atoms with van der Waals surface area (Å²) in [6, 6.07) is 24.0. The Kier molecular flexibility index (Phi) is 9.88. The van der Waals surface area contributed by atoms with Crippen LogP contribution in [0, 0.1) is 0 Å². The van der Waals surface area contributed by atoms with Crippen LogP contribution in [0.2, 0.25) is 0 Å². The van der Waals surface area contributed by atoms with Crippen molar-refractivity contribution in [3.05, 3.63) is 128 Å². The zero-order valence-electron chi connectivity index (χ0n) is 22.5. The van der Waals surface area contributed by atoms with E-state index in [9.17, 15) is 0 Å². The molecule has 0 saturated heterocycles. The van der Waals surface area contributed by atoms with Crippen molar-refractivity contribution in [1.29, 1.82) is 0 Å². The largest absolute Gasteiger partial charge is 0.463 e. The minimum Gasteiger partial charge on any atom is -0.463 e. The van der Waals surface area contributed by atoms with Crippen LogP contribution in [0.1, 0.15) is 44.4 Å². The van der Waals surface area contributed by atoms with Gasteiger partial charge in [-0.05, 0) is 60.0 Å². The highest BCUT2D eigenvalue weighted by molar-refractivity contribution is 5.52. The molecule has 0 amide bonds. The van der Waals surface area contributed by atoms with Crippen LogP contribution in [0.15, 0.2) is 111 Å². The van der Waals surface area contributed by atoms with Crippen molar-refractivity contribution < 1.29 is 28.4 Å². The van der Waals surface area contributed by atoms with Crippen LogP contribution in [0.3, 0.4) is 0 Å². The summed E-state index contributed by atoms with van der Waals surface area (Å²) < 4.78 is 33.3. The number of hydrogen-bond acceptors (Lipinski definition) is 6. The summed E-state index contributed by atoms with van der Waals surface area (Å²) in [5.41, 5.74) is 2.74. The second-order valence-electron chi connectivity index (χ2n) is 8.66. The second-order valence-corrected chi connectivity index (χ2v) is 8.66. The molecular weight excluding hydrogens is 480 g/mol. The number of rotatable bonds is 15. The summed E-state index contributed by atoms with van der Waals surface area (Å²) in [7, 11) is 0. The summed E-state index contributed by atoms with van der Waals surface area (Å²) in [4.78, 5) is 0. The van der Waals surface area contributed by atoms with Gasteiger partial charge in [-0.1, -0.05) is 56.1 Å². The molecule has 0 fully saturated rings. The van der Waals surface area contributed by atoms with Gasteiger partial charge in [-0.25, -0.2) is 0 Å². The molecule has 0 bridgehead atoms. The Morgan fingerprint density at radius 3 is 0.947 bits per heavy atom. The van der Waals surface area contributed by atoms with E-state index in [-0.39, 0.29) is 0 Å². The number of hydrogen-bond donors (Lipinski definition) is 0. The third-order valence-corrected chi connectivity index (χ3v) is 6.06. The van der Waals surface area contributed by atoms with Crippen molar-refractivity contribution in [2.45, 2.75) is 52.0 Å². The molecule has 0 aromatic heterocycles. The molecule has 3 aromatic carbocycles. The van der Waals surface area contributed by atoms with Crippen LogP contribution in [-0.4, -0.2) is 18.9 Å². The second kappa shape index (κ2) is 13.3. The third kappa shape index (κ3) is 7.13. The molecule has 3 rings (SSSR count). The van der Waals surface area contributed by atoms with Crippen LogP contribution >= 0.6 is 0 Å². The van der Waals surface area contributed by atoms with E-state index in [0.29, 0.717) is 17.2 Å². The third-order valence-electron chi connectivity index (χ3n) is 6.06. The molecule has 6 nitrogen and oxygen atoms in total. The molecule has 200 valence electrons. The fourth-order valence-electron chi connectivity index (χ4n) is 4.17. The molecule has 0 spiro atoms. The maximum atomic E-state index is 5.81. The van der Waals surface area contributed by atoms with Gasteiger partial charge < -0.3 is 28.4 Å². The molecule has 0 radical (unpaired) electrons. The van der Waals surface area contributed by atoms with Crippen LogP contribution in [-0.2, 0) is 19.6 Å². The van der Waals surface area contributed by atoms with Crippen LogP contribution in [0.4, 0.5) is 0 Å². The summed E-state index contributed by atoms with van der Waals surface area (Å²) in [5.74, 6) is 2.10. The molecule has 0 N–H and O–H groups in total. The molecule has 6 heteroatoms. The standard InChI is InChI=1S/C32H36O6/c1-8-33-23(4)36-29-17-11-26(12-18-29)32(7,27-13-19-30(20-14-27)37-24(5)34-9-2)28-15-21-31(22-16-28)38-25(6)35-10-3/h8-25H,1-3H2,4-7H3. The first-order valence-electron chi connectivity index (χ1n) is 12.4. The van der Waals surface area contributed by atoms with E-state index >= 15 is 0 Å². The molecule has 3 unspecified atom stereocenters. The number of ether oxygens (including phenoxy) is 6. The van der Waals surface area contributed by atoms with E-state index in [1.165, 1.54) is 18.8 Å². The lowest BCUT2D eigenvalue weighted by molar-refractivity contribution is -0.0135. The summed E-state index contributed by atoms with van der Waals surface area (Å²) in [6.45, 7) is 18.4. The van der Waals surface area contributed by atoms with Gasteiger partial charge in [0.1, 0.15) is 17.2 Å². The molecular formula is C32H36O6. The van der Waals surface area contributed by atoms with Crippen LogP contribution in [0.5, 0.6) is 17.2 Å². The Labute approximate surface area is 225 Å². The number of benzene rings is 3. The first-order valence-corrected chi connectivity index (χ1v) is 12.4. The predicted molar refractivity (Wildman–Crippen MR) is 149 cm³/mol. The van der Waals surface area contributed by atoms with Crippen LogP contribution < -0.4 is 14.2 Å². The zero-order valence-corrected chi connectivity index (χ0v) is 22.5. The van der Waals surface area contributed by atoms with Gasteiger partial charge in [0.15, 0.2) is 0 Å². The van der Waals surface area contributed by atoms with E-state index in [1.807, 2.05) is 57.2 Å². The van der Waals surface area contributed by atoms with Gasteiger partial charge in [0, 0.05) is 26.2 Å². The van der Waals surface area contributed by atoms with Gasteiger partial charge in [-0.2, -0.15) is 0 Å². The molecule has 3 aromatic rings. The van der Waals surface area contributed by atoms with Crippen molar-refractivity contribution in [3.8, 4) is 17.2 Å². The highest BCUT2D eigenvalue weighted by atomic mass is 16.7. The van der Waals surface area contributed by atoms with Gasteiger partial charge in [0.2, 0.25) is 18.9 Å². The van der Waals surface area contributed by atoms with E-state index in [4.69, 9.17) is 28.4 Å². The fraction of sp³-hybridized carbons (Fsp3) is 0.250. The summed E-state index contributed by atoms with van der Waals surface area (Å²) in [6.07, 6.45) is 2.78. The lowest BCUT2D eigenvalue weighted by Gasteiger charge is -2.32. The minimum atomic E-state index is -0.495.